The topological polar surface area (TPSA) is 9.86 Å². The molecule has 0 aliphatic heterocycles. The van der Waals surface area contributed by atoms with Gasteiger partial charge in [0.05, 0.1) is 32.5 Å². The molecule has 0 fully saturated rings. The molecule has 12 aromatic rings. The molecule has 0 unspecified atom stereocenters. The number of hydrogen-bond donors (Lipinski definition) is 0. The fourth-order valence-corrected chi connectivity index (χ4v) is 10.4. The Morgan fingerprint density at radius 2 is 0.754 bits per heavy atom. The Labute approximate surface area is 333 Å². The number of thiophene rings is 1. The second kappa shape index (κ2) is 12.7. The lowest BCUT2D eigenvalue weighted by molar-refractivity contribution is 1.18. The van der Waals surface area contributed by atoms with Crippen LogP contribution in [0.3, 0.4) is 0 Å². The monoisotopic (exact) mass is 742 g/mol. The number of aromatic nitrogens is 2. The van der Waals surface area contributed by atoms with Crippen molar-refractivity contribution in [3.63, 3.8) is 0 Å². The third-order valence-corrected chi connectivity index (χ3v) is 13.0. The first-order chi connectivity index (χ1) is 28.3. The minimum atomic E-state index is 1.16. The van der Waals surface area contributed by atoms with Gasteiger partial charge in [0.25, 0.3) is 0 Å². The van der Waals surface area contributed by atoms with Crippen molar-refractivity contribution in [3.05, 3.63) is 206 Å². The maximum Gasteiger partial charge on any atom is 0.0640 e. The number of fused-ring (bicyclic) bond motifs is 9. The van der Waals surface area contributed by atoms with Crippen LogP contribution in [0.5, 0.6) is 0 Å². The summed E-state index contributed by atoms with van der Waals surface area (Å²) in [5, 5.41) is 7.63. The minimum Gasteiger partial charge on any atom is -0.309 e. The number of hydrogen-bond acceptors (Lipinski definition) is 1. The highest BCUT2D eigenvalue weighted by atomic mass is 32.1. The van der Waals surface area contributed by atoms with E-state index in [-0.39, 0.29) is 0 Å². The van der Waals surface area contributed by atoms with Crippen molar-refractivity contribution in [2.45, 2.75) is 0 Å². The first-order valence-corrected chi connectivity index (χ1v) is 20.3. The Morgan fingerprint density at radius 1 is 0.281 bits per heavy atom. The van der Waals surface area contributed by atoms with Crippen molar-refractivity contribution in [3.8, 4) is 44.8 Å². The molecule has 57 heavy (non-hydrogen) atoms. The van der Waals surface area contributed by atoms with E-state index in [1.54, 1.807) is 0 Å². The molecule has 2 nitrogen and oxygen atoms in total. The van der Waals surface area contributed by atoms with E-state index in [0.29, 0.717) is 0 Å². The Kier molecular flexibility index (Phi) is 7.13. The molecule has 9 aromatic carbocycles. The van der Waals surface area contributed by atoms with Gasteiger partial charge in [-0.3, -0.25) is 0 Å². The molecule has 0 N–H and O–H groups in total. The van der Waals surface area contributed by atoms with E-state index in [1.165, 1.54) is 103 Å². The molecular formula is C54H34N2S. The molecule has 0 aliphatic carbocycles. The average molecular weight is 743 g/mol. The molecule has 0 bridgehead atoms. The van der Waals surface area contributed by atoms with Crippen molar-refractivity contribution in [2.75, 3.05) is 0 Å². The van der Waals surface area contributed by atoms with Crippen LogP contribution < -0.4 is 0 Å². The highest BCUT2D eigenvalue weighted by Gasteiger charge is 2.19. The van der Waals surface area contributed by atoms with Crippen molar-refractivity contribution < 1.29 is 0 Å². The highest BCUT2D eigenvalue weighted by molar-refractivity contribution is 7.26. The zero-order valence-electron chi connectivity index (χ0n) is 30.9. The molecule has 3 heterocycles. The van der Waals surface area contributed by atoms with E-state index in [4.69, 9.17) is 0 Å². The zero-order chi connectivity index (χ0) is 37.5. The normalized spacial score (nSPS) is 11.9. The Morgan fingerprint density at radius 3 is 1.42 bits per heavy atom. The number of benzene rings is 9. The van der Waals surface area contributed by atoms with Gasteiger partial charge in [0.15, 0.2) is 0 Å². The zero-order valence-corrected chi connectivity index (χ0v) is 31.7. The summed E-state index contributed by atoms with van der Waals surface area (Å²) in [4.78, 5) is 0. The van der Waals surface area contributed by atoms with Crippen LogP contribution in [-0.2, 0) is 0 Å². The summed E-state index contributed by atoms with van der Waals surface area (Å²) in [6.07, 6.45) is 0. The van der Waals surface area contributed by atoms with Crippen molar-refractivity contribution in [1.29, 1.82) is 0 Å². The number of nitrogens with zero attached hydrogens (tertiary/aromatic N) is 2. The standard InChI is InChI=1S/C54H34N2S/c1-3-13-35(14-4-1)36-25-29-40(30-26-36)55-48-22-9-7-17-42(48)46-33-38(27-31-50(46)55)39-28-32-51-47(34-39)43-18-8-10-23-49(43)56(51)52-24-12-21-45-44-20-11-19-41(53(44)57-54(45)52)37-15-5-2-6-16-37/h1-34H. The first kappa shape index (κ1) is 32.1. The Bertz CT molecular complexity index is 3490. The molecule has 3 heteroatoms. The van der Waals surface area contributed by atoms with Gasteiger partial charge in [-0.05, 0) is 88.0 Å². The predicted molar refractivity (Wildman–Crippen MR) is 244 cm³/mol. The molecule has 0 saturated heterocycles. The van der Waals surface area contributed by atoms with E-state index in [0.717, 1.165) is 5.69 Å². The quantitative estimate of drug-likeness (QED) is 0.166. The van der Waals surface area contributed by atoms with E-state index in [9.17, 15) is 0 Å². The van der Waals surface area contributed by atoms with Crippen LogP contribution in [0.25, 0.3) is 109 Å². The fraction of sp³-hybridized carbons (Fsp3) is 0. The third kappa shape index (κ3) is 4.96. The van der Waals surface area contributed by atoms with Gasteiger partial charge in [0.1, 0.15) is 0 Å². The highest BCUT2D eigenvalue weighted by Crippen LogP contribution is 2.45. The van der Waals surface area contributed by atoms with Crippen molar-refractivity contribution >= 4 is 75.1 Å². The van der Waals surface area contributed by atoms with Crippen LogP contribution >= 0.6 is 11.3 Å². The van der Waals surface area contributed by atoms with Gasteiger partial charge >= 0.3 is 0 Å². The largest absolute Gasteiger partial charge is 0.309 e. The second-order valence-corrected chi connectivity index (χ2v) is 15.9. The SMILES string of the molecule is c1ccc(-c2ccc(-n3c4ccccc4c4cc(-c5ccc6c(c5)c5ccccc5n6-c5cccc6c5sc5c(-c7ccccc7)cccc56)ccc43)cc2)cc1. The minimum absolute atomic E-state index is 1.16. The second-order valence-electron chi connectivity index (χ2n) is 14.9. The summed E-state index contributed by atoms with van der Waals surface area (Å²) in [6.45, 7) is 0. The van der Waals surface area contributed by atoms with Gasteiger partial charge in [-0.15, -0.1) is 11.3 Å². The lowest BCUT2D eigenvalue weighted by atomic mass is 10.0. The van der Waals surface area contributed by atoms with Gasteiger partial charge in [-0.25, -0.2) is 0 Å². The maximum absolute atomic E-state index is 2.48. The molecule has 3 aromatic heterocycles. The van der Waals surface area contributed by atoms with Crippen LogP contribution in [0.4, 0.5) is 0 Å². The predicted octanol–water partition coefficient (Wildman–Crippen LogP) is 15.2. The number of rotatable bonds is 5. The lowest BCUT2D eigenvalue weighted by Crippen LogP contribution is -1.94. The Hall–Kier alpha value is -7.20. The summed E-state index contributed by atoms with van der Waals surface area (Å²) in [5.41, 5.74) is 14.6. The molecule has 0 aliphatic rings. The summed E-state index contributed by atoms with van der Waals surface area (Å²) < 4.78 is 7.51. The summed E-state index contributed by atoms with van der Waals surface area (Å²) in [7, 11) is 0. The van der Waals surface area contributed by atoms with Gasteiger partial charge in [0.2, 0.25) is 0 Å². The molecular weight excluding hydrogens is 709 g/mol. The van der Waals surface area contributed by atoms with E-state index in [2.05, 4.69) is 215 Å². The molecule has 0 radical (unpaired) electrons. The fourth-order valence-electron chi connectivity index (χ4n) is 9.10. The van der Waals surface area contributed by atoms with Gasteiger partial charge in [-0.2, -0.15) is 0 Å². The molecule has 0 amide bonds. The van der Waals surface area contributed by atoms with E-state index < -0.39 is 0 Å². The smallest absolute Gasteiger partial charge is 0.0640 e. The van der Waals surface area contributed by atoms with Gasteiger partial charge < -0.3 is 9.13 Å². The van der Waals surface area contributed by atoms with E-state index in [1.807, 2.05) is 11.3 Å². The van der Waals surface area contributed by atoms with Gasteiger partial charge in [0, 0.05) is 42.7 Å². The van der Waals surface area contributed by atoms with Crippen LogP contribution in [0, 0.1) is 0 Å². The molecule has 12 rings (SSSR count). The van der Waals surface area contributed by atoms with Crippen LogP contribution in [-0.4, -0.2) is 9.13 Å². The molecule has 266 valence electrons. The molecule has 0 spiro atoms. The summed E-state index contributed by atoms with van der Waals surface area (Å²) in [5.74, 6) is 0. The van der Waals surface area contributed by atoms with Crippen LogP contribution in [0.15, 0.2) is 206 Å². The van der Waals surface area contributed by atoms with Gasteiger partial charge in [-0.1, -0.05) is 152 Å². The van der Waals surface area contributed by atoms with Crippen molar-refractivity contribution in [2.24, 2.45) is 0 Å². The summed E-state index contributed by atoms with van der Waals surface area (Å²) in [6, 6.07) is 75.5. The third-order valence-electron chi connectivity index (χ3n) is 11.7. The van der Waals surface area contributed by atoms with E-state index >= 15 is 0 Å². The average Bonchev–Trinajstić information content (AvgIpc) is 3.94. The lowest BCUT2D eigenvalue weighted by Gasteiger charge is -2.11. The van der Waals surface area contributed by atoms with Crippen LogP contribution in [0.1, 0.15) is 0 Å². The maximum atomic E-state index is 2.48. The van der Waals surface area contributed by atoms with Crippen LogP contribution in [0.2, 0.25) is 0 Å². The number of para-hydroxylation sites is 2. The molecule has 0 saturated carbocycles. The molecule has 0 atom stereocenters. The Balaban J connectivity index is 1.01. The van der Waals surface area contributed by atoms with Crippen molar-refractivity contribution in [1.82, 2.24) is 9.13 Å². The first-order valence-electron chi connectivity index (χ1n) is 19.5. The summed E-state index contributed by atoms with van der Waals surface area (Å²) >= 11 is 1.90.